The lowest BCUT2D eigenvalue weighted by Gasteiger charge is -2.23. The number of aryl methyl sites for hydroxylation is 1. The van der Waals surface area contributed by atoms with Crippen molar-refractivity contribution in [2.45, 2.75) is 32.2 Å². The van der Waals surface area contributed by atoms with Gasteiger partial charge in [0.05, 0.1) is 16.3 Å². The number of rotatable bonds is 3. The molecule has 1 aliphatic rings. The summed E-state index contributed by atoms with van der Waals surface area (Å²) in [6, 6.07) is 2.18. The van der Waals surface area contributed by atoms with Crippen LogP contribution in [0, 0.1) is 0 Å². The molecule has 108 valence electrons. The minimum absolute atomic E-state index is 0.147. The molecule has 0 unspecified atom stereocenters. The van der Waals surface area contributed by atoms with Gasteiger partial charge in [0, 0.05) is 13.0 Å². The van der Waals surface area contributed by atoms with E-state index in [0.717, 1.165) is 47.7 Å². The van der Waals surface area contributed by atoms with Crippen LogP contribution in [0.4, 0.5) is 5.82 Å². The Labute approximate surface area is 125 Å². The largest absolute Gasteiger partial charge is 0.345 e. The van der Waals surface area contributed by atoms with Gasteiger partial charge in [0.1, 0.15) is 6.33 Å². The zero-order valence-corrected chi connectivity index (χ0v) is 12.5. The van der Waals surface area contributed by atoms with E-state index in [1.807, 2.05) is 13.0 Å². The lowest BCUT2D eigenvalue weighted by Crippen LogP contribution is -2.24. The number of nitrogens with zero attached hydrogens (tertiary/aromatic N) is 5. The summed E-state index contributed by atoms with van der Waals surface area (Å²) in [5.41, 5.74) is 0.998. The molecule has 1 saturated heterocycles. The molecule has 0 amide bonds. The van der Waals surface area contributed by atoms with Gasteiger partial charge in [0.15, 0.2) is 11.6 Å². The quantitative estimate of drug-likeness (QED) is 0.741. The van der Waals surface area contributed by atoms with Crippen LogP contribution in [0.25, 0.3) is 10.2 Å². The average molecular weight is 301 g/mol. The van der Waals surface area contributed by atoms with Crippen molar-refractivity contribution < 1.29 is 4.52 Å². The molecule has 4 heterocycles. The van der Waals surface area contributed by atoms with Crippen molar-refractivity contribution in [3.63, 3.8) is 0 Å². The zero-order chi connectivity index (χ0) is 14.2. The first-order chi connectivity index (χ1) is 10.4. The number of fused-ring (bicyclic) bond motifs is 1. The van der Waals surface area contributed by atoms with Crippen LogP contribution in [-0.4, -0.2) is 26.7 Å². The molecule has 1 fully saturated rings. The zero-order valence-electron chi connectivity index (χ0n) is 11.7. The van der Waals surface area contributed by atoms with Gasteiger partial charge < -0.3 is 9.42 Å². The monoisotopic (exact) mass is 301 g/mol. The summed E-state index contributed by atoms with van der Waals surface area (Å²) in [5.74, 6) is 2.45. The van der Waals surface area contributed by atoms with E-state index in [2.05, 4.69) is 30.4 Å². The summed E-state index contributed by atoms with van der Waals surface area (Å²) in [6.07, 6.45) is 4.53. The molecule has 1 aliphatic heterocycles. The van der Waals surface area contributed by atoms with Crippen LogP contribution in [0.1, 0.15) is 37.5 Å². The number of hydrogen-bond acceptors (Lipinski definition) is 7. The minimum Gasteiger partial charge on any atom is -0.345 e. The van der Waals surface area contributed by atoms with Gasteiger partial charge in [0.25, 0.3) is 0 Å². The number of thiophene rings is 1. The Balaban J connectivity index is 1.74. The Hall–Kier alpha value is -2.02. The third kappa shape index (κ3) is 2.08. The van der Waals surface area contributed by atoms with Crippen LogP contribution in [0.5, 0.6) is 0 Å². The van der Waals surface area contributed by atoms with Crippen molar-refractivity contribution in [3.8, 4) is 0 Å². The van der Waals surface area contributed by atoms with Gasteiger partial charge in [-0.1, -0.05) is 12.1 Å². The van der Waals surface area contributed by atoms with E-state index >= 15 is 0 Å². The van der Waals surface area contributed by atoms with E-state index in [-0.39, 0.29) is 6.04 Å². The molecule has 0 radical (unpaired) electrons. The van der Waals surface area contributed by atoms with E-state index in [4.69, 9.17) is 4.52 Å². The molecule has 0 saturated carbocycles. The highest BCUT2D eigenvalue weighted by Gasteiger charge is 2.32. The molecule has 0 aliphatic carbocycles. The maximum atomic E-state index is 5.26. The summed E-state index contributed by atoms with van der Waals surface area (Å²) in [6.45, 7) is 2.98. The number of hydrogen-bond donors (Lipinski definition) is 0. The molecule has 0 bridgehead atoms. The third-order valence-electron chi connectivity index (χ3n) is 3.83. The Kier molecular flexibility index (Phi) is 3.07. The molecular formula is C14H15N5OS. The van der Waals surface area contributed by atoms with Gasteiger partial charge in [-0.15, -0.1) is 11.3 Å². The molecule has 6 nitrogen and oxygen atoms in total. The molecule has 4 rings (SSSR count). The first-order valence-electron chi connectivity index (χ1n) is 7.14. The second kappa shape index (κ2) is 5.07. The summed E-state index contributed by atoms with van der Waals surface area (Å²) >= 11 is 1.68. The summed E-state index contributed by atoms with van der Waals surface area (Å²) in [4.78, 5) is 15.6. The van der Waals surface area contributed by atoms with E-state index in [9.17, 15) is 0 Å². The number of anilines is 1. The Morgan fingerprint density at radius 3 is 3.24 bits per heavy atom. The van der Waals surface area contributed by atoms with E-state index in [1.165, 1.54) is 0 Å². The van der Waals surface area contributed by atoms with E-state index in [1.54, 1.807) is 17.7 Å². The van der Waals surface area contributed by atoms with Gasteiger partial charge in [-0.3, -0.25) is 0 Å². The fourth-order valence-corrected chi connectivity index (χ4v) is 3.67. The van der Waals surface area contributed by atoms with Crippen LogP contribution in [0.2, 0.25) is 0 Å². The van der Waals surface area contributed by atoms with Gasteiger partial charge in [-0.05, 0) is 24.3 Å². The SMILES string of the molecule is CCc1nc([C@@H]2CCCN2c2ncnc3ccsc23)no1. The minimum atomic E-state index is 0.147. The predicted molar refractivity (Wildman–Crippen MR) is 80.4 cm³/mol. The van der Waals surface area contributed by atoms with Crippen molar-refractivity contribution >= 4 is 27.4 Å². The Bertz CT molecular complexity index is 767. The lowest BCUT2D eigenvalue weighted by atomic mass is 10.2. The normalized spacial score (nSPS) is 18.7. The van der Waals surface area contributed by atoms with Crippen molar-refractivity contribution in [1.82, 2.24) is 20.1 Å². The lowest BCUT2D eigenvalue weighted by molar-refractivity contribution is 0.373. The average Bonchev–Trinajstić information content (AvgIpc) is 3.25. The smallest absolute Gasteiger partial charge is 0.226 e. The standard InChI is InChI=1S/C14H15N5OS/c1-2-11-17-13(18-20-11)10-4-3-6-19(10)14-12-9(5-7-21-12)15-8-16-14/h5,7-8,10H,2-4,6H2,1H3/t10-/m0/s1. The Morgan fingerprint density at radius 2 is 2.38 bits per heavy atom. The van der Waals surface area contributed by atoms with Crippen LogP contribution in [-0.2, 0) is 6.42 Å². The van der Waals surface area contributed by atoms with Crippen molar-refractivity contribution in [2.75, 3.05) is 11.4 Å². The third-order valence-corrected chi connectivity index (χ3v) is 4.73. The highest BCUT2D eigenvalue weighted by Crippen LogP contribution is 2.38. The second-order valence-corrected chi connectivity index (χ2v) is 6.00. The molecule has 0 spiro atoms. The van der Waals surface area contributed by atoms with Gasteiger partial charge >= 0.3 is 0 Å². The summed E-state index contributed by atoms with van der Waals surface area (Å²) in [5, 5.41) is 6.20. The van der Waals surface area contributed by atoms with Crippen molar-refractivity contribution in [2.24, 2.45) is 0 Å². The van der Waals surface area contributed by atoms with Crippen molar-refractivity contribution in [3.05, 3.63) is 29.5 Å². The molecular weight excluding hydrogens is 286 g/mol. The van der Waals surface area contributed by atoms with Gasteiger partial charge in [-0.25, -0.2) is 9.97 Å². The van der Waals surface area contributed by atoms with Crippen molar-refractivity contribution in [1.29, 1.82) is 0 Å². The van der Waals surface area contributed by atoms with Crippen LogP contribution in [0.15, 0.2) is 22.3 Å². The van der Waals surface area contributed by atoms with Gasteiger partial charge in [0.2, 0.25) is 5.89 Å². The fourth-order valence-electron chi connectivity index (χ4n) is 2.82. The first-order valence-corrected chi connectivity index (χ1v) is 8.02. The van der Waals surface area contributed by atoms with E-state index < -0.39 is 0 Å². The maximum Gasteiger partial charge on any atom is 0.226 e. The predicted octanol–water partition coefficient (Wildman–Crippen LogP) is 2.98. The summed E-state index contributed by atoms with van der Waals surface area (Å²) < 4.78 is 6.39. The highest BCUT2D eigenvalue weighted by molar-refractivity contribution is 7.17. The number of aromatic nitrogens is 4. The first kappa shape index (κ1) is 12.7. The van der Waals surface area contributed by atoms with Crippen LogP contribution in [0.3, 0.4) is 0 Å². The van der Waals surface area contributed by atoms with E-state index in [0.29, 0.717) is 5.89 Å². The molecule has 21 heavy (non-hydrogen) atoms. The fraction of sp³-hybridized carbons (Fsp3) is 0.429. The second-order valence-electron chi connectivity index (χ2n) is 5.08. The molecule has 7 heteroatoms. The topological polar surface area (TPSA) is 67.9 Å². The molecule has 1 atom stereocenters. The molecule has 3 aromatic rings. The summed E-state index contributed by atoms with van der Waals surface area (Å²) in [7, 11) is 0. The van der Waals surface area contributed by atoms with Crippen LogP contribution < -0.4 is 4.90 Å². The van der Waals surface area contributed by atoms with Crippen LogP contribution >= 0.6 is 11.3 Å². The highest BCUT2D eigenvalue weighted by atomic mass is 32.1. The molecule has 0 N–H and O–H groups in total. The Morgan fingerprint density at radius 1 is 1.43 bits per heavy atom. The van der Waals surface area contributed by atoms with Gasteiger partial charge in [-0.2, -0.15) is 4.98 Å². The molecule has 0 aromatic carbocycles. The molecule has 3 aromatic heterocycles. The maximum absolute atomic E-state index is 5.26.